The molecule has 1 heterocycles. The third-order valence-electron chi connectivity index (χ3n) is 2.73. The monoisotopic (exact) mass is 290 g/mol. The van der Waals surface area contributed by atoms with Gasteiger partial charge in [0.1, 0.15) is 10.6 Å². The summed E-state index contributed by atoms with van der Waals surface area (Å²) in [6, 6.07) is 1.10. The van der Waals surface area contributed by atoms with Crippen molar-refractivity contribution in [2.45, 2.75) is 24.2 Å². The predicted molar refractivity (Wildman–Crippen MR) is 68.5 cm³/mol. The molecular weight excluding hydrogens is 272 g/mol. The number of hydrogen-bond donors (Lipinski definition) is 3. The predicted octanol–water partition coefficient (Wildman–Crippen LogP) is 0.496. The van der Waals surface area contributed by atoms with Crippen molar-refractivity contribution in [1.29, 1.82) is 0 Å². The Bertz CT molecular complexity index is 523. The van der Waals surface area contributed by atoms with Crippen LogP contribution in [0.4, 0.5) is 0 Å². The van der Waals surface area contributed by atoms with Crippen LogP contribution in [0, 0.1) is 0 Å². The van der Waals surface area contributed by atoms with E-state index < -0.39 is 16.0 Å². The first kappa shape index (κ1) is 15.7. The molecule has 0 unspecified atom stereocenters. The quantitative estimate of drug-likeness (QED) is 0.604. The number of carboxylic acids is 1. The molecule has 1 aromatic rings. The fraction of sp³-hybridized carbons (Fsp3) is 0.545. The molecule has 0 aliphatic carbocycles. The highest BCUT2D eigenvalue weighted by Gasteiger charge is 2.22. The number of nitrogens with zero attached hydrogens (tertiary/aromatic N) is 1. The number of aromatic amines is 1. The molecule has 0 atom stereocenters. The number of aliphatic hydroxyl groups excluding tert-OH is 1. The zero-order valence-electron chi connectivity index (χ0n) is 10.7. The molecule has 0 bridgehead atoms. The van der Waals surface area contributed by atoms with Crippen molar-refractivity contribution in [3.63, 3.8) is 0 Å². The normalized spacial score (nSPS) is 11.9. The van der Waals surface area contributed by atoms with Crippen LogP contribution in [0.1, 0.15) is 29.8 Å². The zero-order valence-corrected chi connectivity index (χ0v) is 11.5. The van der Waals surface area contributed by atoms with Gasteiger partial charge in [-0.2, -0.15) is 0 Å². The van der Waals surface area contributed by atoms with E-state index in [1.165, 1.54) is 17.5 Å². The molecule has 0 saturated carbocycles. The summed E-state index contributed by atoms with van der Waals surface area (Å²) < 4.78 is 25.4. The van der Waals surface area contributed by atoms with E-state index >= 15 is 0 Å². The minimum atomic E-state index is -3.66. The van der Waals surface area contributed by atoms with Gasteiger partial charge >= 0.3 is 5.97 Å². The van der Waals surface area contributed by atoms with Crippen LogP contribution >= 0.6 is 0 Å². The molecule has 7 nitrogen and oxygen atoms in total. The van der Waals surface area contributed by atoms with Gasteiger partial charge in [-0.3, -0.25) is 0 Å². The first-order valence-corrected chi connectivity index (χ1v) is 7.32. The van der Waals surface area contributed by atoms with Crippen molar-refractivity contribution in [3.05, 3.63) is 18.0 Å². The summed E-state index contributed by atoms with van der Waals surface area (Å²) in [5, 5.41) is 17.4. The van der Waals surface area contributed by atoms with Gasteiger partial charge in [0.05, 0.1) is 0 Å². The maximum Gasteiger partial charge on any atom is 0.352 e. The zero-order chi connectivity index (χ0) is 14.5. The van der Waals surface area contributed by atoms with E-state index in [0.717, 1.165) is 12.5 Å². The second kappa shape index (κ2) is 6.69. The lowest BCUT2D eigenvalue weighted by molar-refractivity contribution is 0.0691. The minimum absolute atomic E-state index is 0.0606. The standard InChI is InChI=1S/C11H18N2O5S/c1-13(5-3-2-4-6-14)19(17,18)9-7-10(11(15)16)12-8-9/h7-8,12,14H,2-6H2,1H3,(H,15,16). The minimum Gasteiger partial charge on any atom is -0.477 e. The van der Waals surface area contributed by atoms with Gasteiger partial charge in [0.15, 0.2) is 0 Å². The Hall–Kier alpha value is -1.38. The van der Waals surface area contributed by atoms with Crippen molar-refractivity contribution < 1.29 is 23.4 Å². The number of aromatic carboxylic acids is 1. The number of hydrogen-bond acceptors (Lipinski definition) is 4. The van der Waals surface area contributed by atoms with Crippen LogP contribution in [0.25, 0.3) is 0 Å². The van der Waals surface area contributed by atoms with E-state index in [0.29, 0.717) is 19.4 Å². The SMILES string of the molecule is CN(CCCCCO)S(=O)(=O)c1c[nH]c(C(=O)O)c1. The molecule has 0 aliphatic heterocycles. The van der Waals surface area contributed by atoms with E-state index in [1.54, 1.807) is 0 Å². The summed E-state index contributed by atoms with van der Waals surface area (Å²) in [6.45, 7) is 0.423. The molecule has 1 aromatic heterocycles. The summed E-state index contributed by atoms with van der Waals surface area (Å²) in [5.41, 5.74) is -0.160. The smallest absolute Gasteiger partial charge is 0.352 e. The average Bonchev–Trinajstić information content (AvgIpc) is 2.84. The lowest BCUT2D eigenvalue weighted by Crippen LogP contribution is -2.27. The van der Waals surface area contributed by atoms with Gasteiger partial charge in [0.2, 0.25) is 10.0 Å². The third kappa shape index (κ3) is 4.05. The highest BCUT2D eigenvalue weighted by atomic mass is 32.2. The summed E-state index contributed by atoms with van der Waals surface area (Å²) in [7, 11) is -2.22. The van der Waals surface area contributed by atoms with Gasteiger partial charge < -0.3 is 15.2 Å². The van der Waals surface area contributed by atoms with Crippen LogP contribution in [0.2, 0.25) is 0 Å². The van der Waals surface area contributed by atoms with Gasteiger partial charge in [0.25, 0.3) is 0 Å². The summed E-state index contributed by atoms with van der Waals surface area (Å²) in [4.78, 5) is 13.0. The number of aromatic nitrogens is 1. The molecule has 3 N–H and O–H groups in total. The summed E-state index contributed by atoms with van der Waals surface area (Å²) in [5.74, 6) is -1.20. The fourth-order valence-corrected chi connectivity index (χ4v) is 2.77. The van der Waals surface area contributed by atoms with Crippen molar-refractivity contribution in [2.75, 3.05) is 20.2 Å². The van der Waals surface area contributed by atoms with E-state index in [-0.39, 0.29) is 17.2 Å². The second-order valence-electron chi connectivity index (χ2n) is 4.17. The van der Waals surface area contributed by atoms with Crippen LogP contribution in [0.15, 0.2) is 17.2 Å². The molecule has 8 heteroatoms. The number of unbranched alkanes of at least 4 members (excludes halogenated alkanes) is 2. The molecule has 19 heavy (non-hydrogen) atoms. The van der Waals surface area contributed by atoms with Gasteiger partial charge in [0, 0.05) is 26.4 Å². The Labute approximate surface area is 111 Å². The summed E-state index contributed by atoms with van der Waals surface area (Å²) in [6.07, 6.45) is 3.20. The summed E-state index contributed by atoms with van der Waals surface area (Å²) >= 11 is 0. The van der Waals surface area contributed by atoms with Crippen LogP contribution < -0.4 is 0 Å². The maximum absolute atomic E-state index is 12.1. The molecule has 0 spiro atoms. The number of aliphatic hydroxyl groups is 1. The first-order valence-electron chi connectivity index (χ1n) is 5.88. The highest BCUT2D eigenvalue weighted by Crippen LogP contribution is 2.16. The van der Waals surface area contributed by atoms with E-state index in [1.807, 2.05) is 0 Å². The molecular formula is C11H18N2O5S. The number of nitrogens with one attached hydrogen (secondary N) is 1. The van der Waals surface area contributed by atoms with Gasteiger partial charge in [-0.15, -0.1) is 0 Å². The molecule has 0 aromatic carbocycles. The Kier molecular flexibility index (Phi) is 5.52. The Balaban J connectivity index is 2.70. The van der Waals surface area contributed by atoms with Crippen molar-refractivity contribution in [3.8, 4) is 0 Å². The molecule has 1 rings (SSSR count). The Morgan fingerprint density at radius 3 is 2.58 bits per heavy atom. The number of rotatable bonds is 8. The maximum atomic E-state index is 12.1. The molecule has 0 saturated heterocycles. The Morgan fingerprint density at radius 2 is 2.05 bits per heavy atom. The molecule has 0 amide bonds. The van der Waals surface area contributed by atoms with Gasteiger partial charge in [-0.25, -0.2) is 17.5 Å². The average molecular weight is 290 g/mol. The lowest BCUT2D eigenvalue weighted by atomic mass is 10.2. The topological polar surface area (TPSA) is 111 Å². The number of H-pyrrole nitrogens is 1. The molecule has 0 radical (unpaired) electrons. The van der Waals surface area contributed by atoms with Crippen LogP contribution in [-0.2, 0) is 10.0 Å². The van der Waals surface area contributed by atoms with E-state index in [2.05, 4.69) is 4.98 Å². The molecule has 0 aliphatic rings. The first-order chi connectivity index (χ1) is 8.89. The van der Waals surface area contributed by atoms with E-state index in [4.69, 9.17) is 10.2 Å². The van der Waals surface area contributed by atoms with Crippen molar-refractivity contribution in [1.82, 2.24) is 9.29 Å². The number of sulfonamides is 1. The third-order valence-corrected chi connectivity index (χ3v) is 4.56. The molecule has 0 fully saturated rings. The van der Waals surface area contributed by atoms with Crippen LogP contribution in [0.5, 0.6) is 0 Å². The highest BCUT2D eigenvalue weighted by molar-refractivity contribution is 7.89. The second-order valence-corrected chi connectivity index (χ2v) is 6.21. The molecule has 108 valence electrons. The van der Waals surface area contributed by atoms with Gasteiger partial charge in [-0.05, 0) is 25.3 Å². The van der Waals surface area contributed by atoms with Crippen molar-refractivity contribution in [2.24, 2.45) is 0 Å². The van der Waals surface area contributed by atoms with Gasteiger partial charge in [-0.1, -0.05) is 0 Å². The van der Waals surface area contributed by atoms with Crippen LogP contribution in [-0.4, -0.2) is 54.1 Å². The number of carbonyl (C=O) groups is 1. The fourth-order valence-electron chi connectivity index (χ4n) is 1.57. The Morgan fingerprint density at radius 1 is 1.37 bits per heavy atom. The van der Waals surface area contributed by atoms with E-state index in [9.17, 15) is 13.2 Å². The lowest BCUT2D eigenvalue weighted by Gasteiger charge is -2.15. The number of carboxylic acid groups (broad SMARTS) is 1. The largest absolute Gasteiger partial charge is 0.477 e. The van der Waals surface area contributed by atoms with Crippen molar-refractivity contribution >= 4 is 16.0 Å². The van der Waals surface area contributed by atoms with Crippen LogP contribution in [0.3, 0.4) is 0 Å².